The van der Waals surface area contributed by atoms with E-state index in [0.717, 1.165) is 31.6 Å². The van der Waals surface area contributed by atoms with E-state index >= 15 is 0 Å². The largest absolute Gasteiger partial charge is 0.396 e. The van der Waals surface area contributed by atoms with Gasteiger partial charge in [0.15, 0.2) is 0 Å². The molecule has 1 heterocycles. The van der Waals surface area contributed by atoms with Crippen LogP contribution in [0.5, 0.6) is 0 Å². The molecule has 4 nitrogen and oxygen atoms in total. The highest BCUT2D eigenvalue weighted by atomic mass is 16.2. The molecule has 1 fully saturated rings. The smallest absolute Gasteiger partial charge is 0.241 e. The summed E-state index contributed by atoms with van der Waals surface area (Å²) in [5.41, 5.74) is 2.15. The molecule has 1 aliphatic rings. The predicted molar refractivity (Wildman–Crippen MR) is 71.7 cm³/mol. The Morgan fingerprint density at radius 3 is 2.89 bits per heavy atom. The Hall–Kier alpha value is -1.39. The number of anilines is 1. The SMILES string of the molecule is CN1CCN(c2cccc(CCCO)c2)C(=O)C1. The minimum absolute atomic E-state index is 0.156. The monoisotopic (exact) mass is 248 g/mol. The lowest BCUT2D eigenvalue weighted by Crippen LogP contribution is -2.48. The number of aliphatic hydroxyl groups is 1. The molecule has 0 spiro atoms. The first kappa shape index (κ1) is 13.1. The predicted octanol–water partition coefficient (Wildman–Crippen LogP) is 0.890. The van der Waals surface area contributed by atoms with Gasteiger partial charge < -0.3 is 10.0 Å². The lowest BCUT2D eigenvalue weighted by Gasteiger charge is -2.32. The summed E-state index contributed by atoms with van der Waals surface area (Å²) in [5, 5.41) is 8.85. The number of likely N-dealkylation sites (N-methyl/N-ethyl adjacent to an activating group) is 1. The van der Waals surface area contributed by atoms with E-state index in [1.165, 1.54) is 5.56 Å². The number of hydrogen-bond acceptors (Lipinski definition) is 3. The average molecular weight is 248 g/mol. The summed E-state index contributed by atoms with van der Waals surface area (Å²) in [6, 6.07) is 8.05. The van der Waals surface area contributed by atoms with Gasteiger partial charge >= 0.3 is 0 Å². The van der Waals surface area contributed by atoms with E-state index in [0.29, 0.717) is 6.54 Å². The van der Waals surface area contributed by atoms with E-state index in [1.807, 2.05) is 35.0 Å². The van der Waals surface area contributed by atoms with Crippen molar-refractivity contribution in [1.29, 1.82) is 0 Å². The van der Waals surface area contributed by atoms with Gasteiger partial charge in [-0.05, 0) is 37.6 Å². The van der Waals surface area contributed by atoms with Crippen LogP contribution < -0.4 is 4.90 Å². The lowest BCUT2D eigenvalue weighted by molar-refractivity contribution is -0.120. The topological polar surface area (TPSA) is 43.8 Å². The van der Waals surface area contributed by atoms with Gasteiger partial charge in [0.1, 0.15) is 0 Å². The number of nitrogens with zero attached hydrogens (tertiary/aromatic N) is 2. The number of aliphatic hydroxyl groups excluding tert-OH is 1. The Labute approximate surface area is 108 Å². The number of piperazine rings is 1. The second kappa shape index (κ2) is 5.98. The van der Waals surface area contributed by atoms with Crippen molar-refractivity contribution in [1.82, 2.24) is 4.90 Å². The summed E-state index contributed by atoms with van der Waals surface area (Å²) in [5.74, 6) is 0.156. The standard InChI is InChI=1S/C14H20N2O2/c1-15-7-8-16(14(18)11-15)13-6-2-4-12(10-13)5-3-9-17/h2,4,6,10,17H,3,5,7-9,11H2,1H3. The van der Waals surface area contributed by atoms with Crippen molar-refractivity contribution in [3.63, 3.8) is 0 Å². The Kier molecular flexibility index (Phi) is 4.33. The number of aryl methyl sites for hydroxylation is 1. The van der Waals surface area contributed by atoms with E-state index in [4.69, 9.17) is 5.11 Å². The van der Waals surface area contributed by atoms with Crippen LogP contribution in [0.2, 0.25) is 0 Å². The van der Waals surface area contributed by atoms with Crippen LogP contribution in [-0.4, -0.2) is 49.2 Å². The molecule has 0 radical (unpaired) electrons. The van der Waals surface area contributed by atoms with Crippen molar-refractivity contribution >= 4 is 11.6 Å². The second-order valence-corrected chi connectivity index (χ2v) is 4.78. The highest BCUT2D eigenvalue weighted by Gasteiger charge is 2.22. The first-order chi connectivity index (χ1) is 8.70. The quantitative estimate of drug-likeness (QED) is 0.860. The first-order valence-corrected chi connectivity index (χ1v) is 6.39. The molecule has 98 valence electrons. The molecule has 0 unspecified atom stereocenters. The number of hydrogen-bond donors (Lipinski definition) is 1. The highest BCUT2D eigenvalue weighted by Crippen LogP contribution is 2.19. The van der Waals surface area contributed by atoms with Crippen LogP contribution in [0.1, 0.15) is 12.0 Å². The van der Waals surface area contributed by atoms with Crippen molar-refractivity contribution in [2.24, 2.45) is 0 Å². The van der Waals surface area contributed by atoms with E-state index < -0.39 is 0 Å². The van der Waals surface area contributed by atoms with Gasteiger partial charge in [0.2, 0.25) is 5.91 Å². The van der Waals surface area contributed by atoms with Gasteiger partial charge in [0.05, 0.1) is 6.54 Å². The highest BCUT2D eigenvalue weighted by molar-refractivity contribution is 5.95. The number of benzene rings is 1. The molecule has 0 bridgehead atoms. The molecule has 4 heteroatoms. The van der Waals surface area contributed by atoms with Crippen LogP contribution in [0.25, 0.3) is 0 Å². The zero-order valence-corrected chi connectivity index (χ0v) is 10.8. The summed E-state index contributed by atoms with van der Waals surface area (Å²) < 4.78 is 0. The van der Waals surface area contributed by atoms with Gasteiger partial charge in [-0.1, -0.05) is 12.1 Å². The minimum Gasteiger partial charge on any atom is -0.396 e. The van der Waals surface area contributed by atoms with Crippen molar-refractivity contribution in [3.05, 3.63) is 29.8 Å². The van der Waals surface area contributed by atoms with Crippen molar-refractivity contribution in [2.75, 3.05) is 38.2 Å². The Balaban J connectivity index is 2.10. The summed E-state index contributed by atoms with van der Waals surface area (Å²) in [6.07, 6.45) is 1.62. The number of carbonyl (C=O) groups excluding carboxylic acids is 1. The molecule has 1 aromatic rings. The maximum Gasteiger partial charge on any atom is 0.241 e. The van der Waals surface area contributed by atoms with E-state index in [2.05, 4.69) is 6.07 Å². The van der Waals surface area contributed by atoms with E-state index in [1.54, 1.807) is 0 Å². The van der Waals surface area contributed by atoms with Crippen LogP contribution in [0.3, 0.4) is 0 Å². The van der Waals surface area contributed by atoms with Crippen LogP contribution in [0, 0.1) is 0 Å². The minimum atomic E-state index is 0.156. The molecule has 0 aliphatic carbocycles. The molecule has 1 N–H and O–H groups in total. The van der Waals surface area contributed by atoms with Crippen LogP contribution in [0.15, 0.2) is 24.3 Å². The molecular formula is C14H20N2O2. The molecule has 0 saturated carbocycles. The molecule has 1 aromatic carbocycles. The van der Waals surface area contributed by atoms with Crippen LogP contribution in [0.4, 0.5) is 5.69 Å². The molecular weight excluding hydrogens is 228 g/mol. The maximum absolute atomic E-state index is 12.0. The van der Waals surface area contributed by atoms with Crippen LogP contribution in [-0.2, 0) is 11.2 Å². The molecule has 2 rings (SSSR count). The van der Waals surface area contributed by atoms with Gasteiger partial charge in [-0.25, -0.2) is 0 Å². The van der Waals surface area contributed by atoms with Crippen molar-refractivity contribution in [3.8, 4) is 0 Å². The number of amides is 1. The van der Waals surface area contributed by atoms with Gasteiger partial charge in [-0.2, -0.15) is 0 Å². The molecule has 1 amide bonds. The zero-order valence-electron chi connectivity index (χ0n) is 10.8. The molecule has 1 saturated heterocycles. The Bertz CT molecular complexity index is 420. The van der Waals surface area contributed by atoms with Gasteiger partial charge in [-0.3, -0.25) is 9.69 Å². The lowest BCUT2D eigenvalue weighted by atomic mass is 10.1. The zero-order chi connectivity index (χ0) is 13.0. The average Bonchev–Trinajstić information content (AvgIpc) is 2.36. The number of rotatable bonds is 4. The maximum atomic E-state index is 12.0. The summed E-state index contributed by atoms with van der Waals surface area (Å²) in [7, 11) is 1.97. The molecule has 1 aliphatic heterocycles. The third-order valence-electron chi connectivity index (χ3n) is 3.26. The fourth-order valence-corrected chi connectivity index (χ4v) is 2.23. The van der Waals surface area contributed by atoms with E-state index in [-0.39, 0.29) is 12.5 Å². The van der Waals surface area contributed by atoms with Crippen molar-refractivity contribution in [2.45, 2.75) is 12.8 Å². The van der Waals surface area contributed by atoms with Crippen LogP contribution >= 0.6 is 0 Å². The summed E-state index contributed by atoms with van der Waals surface area (Å²) >= 11 is 0. The third kappa shape index (κ3) is 3.09. The fourth-order valence-electron chi connectivity index (χ4n) is 2.23. The third-order valence-corrected chi connectivity index (χ3v) is 3.26. The normalized spacial score (nSPS) is 17.2. The number of carbonyl (C=O) groups is 1. The Morgan fingerprint density at radius 1 is 1.33 bits per heavy atom. The van der Waals surface area contributed by atoms with Gasteiger partial charge in [-0.15, -0.1) is 0 Å². The molecule has 0 aromatic heterocycles. The fraction of sp³-hybridized carbons (Fsp3) is 0.500. The summed E-state index contributed by atoms with van der Waals surface area (Å²) in [6.45, 7) is 2.35. The molecule has 18 heavy (non-hydrogen) atoms. The molecule has 0 atom stereocenters. The van der Waals surface area contributed by atoms with Gasteiger partial charge in [0.25, 0.3) is 0 Å². The summed E-state index contributed by atoms with van der Waals surface area (Å²) in [4.78, 5) is 15.9. The van der Waals surface area contributed by atoms with Crippen molar-refractivity contribution < 1.29 is 9.90 Å². The van der Waals surface area contributed by atoms with Gasteiger partial charge in [0, 0.05) is 25.4 Å². The Morgan fingerprint density at radius 2 is 2.17 bits per heavy atom. The second-order valence-electron chi connectivity index (χ2n) is 4.78. The van der Waals surface area contributed by atoms with E-state index in [9.17, 15) is 4.79 Å². The first-order valence-electron chi connectivity index (χ1n) is 6.39.